The van der Waals surface area contributed by atoms with E-state index in [-0.39, 0.29) is 5.82 Å². The fraction of sp³-hybridized carbons (Fsp3) is 0.222. The Hall–Kier alpha value is -0.700. The highest BCUT2D eigenvalue weighted by Gasteiger charge is 2.01. The van der Waals surface area contributed by atoms with Crippen molar-refractivity contribution in [2.75, 3.05) is 5.33 Å². The second kappa shape index (κ2) is 4.36. The Morgan fingerprint density at radius 3 is 2.83 bits per heavy atom. The van der Waals surface area contributed by atoms with Crippen LogP contribution in [0.4, 0.5) is 4.39 Å². The molecule has 1 nitrogen and oxygen atoms in total. The van der Waals surface area contributed by atoms with Crippen molar-refractivity contribution >= 4 is 22.2 Å². The minimum atomic E-state index is -0.365. The maximum atomic E-state index is 12.6. The Balaban J connectivity index is 3.02. The topological polar surface area (TPSA) is 17.1 Å². The standard InChI is InChI=1S/C9H8BrFO/c10-4-3-7-1-2-9(11)5-8(7)6-12/h1-2,5-6H,3-4H2. The van der Waals surface area contributed by atoms with Crippen LogP contribution in [0.2, 0.25) is 0 Å². The van der Waals surface area contributed by atoms with Gasteiger partial charge >= 0.3 is 0 Å². The Bertz CT molecular complexity index is 286. The van der Waals surface area contributed by atoms with Gasteiger partial charge in [0, 0.05) is 10.9 Å². The van der Waals surface area contributed by atoms with E-state index in [2.05, 4.69) is 15.9 Å². The van der Waals surface area contributed by atoms with E-state index in [0.29, 0.717) is 11.8 Å². The van der Waals surface area contributed by atoms with Crippen molar-refractivity contribution in [1.29, 1.82) is 0 Å². The molecular formula is C9H8BrFO. The summed E-state index contributed by atoms with van der Waals surface area (Å²) in [6, 6.07) is 4.26. The first kappa shape index (κ1) is 9.39. The molecule has 0 saturated carbocycles. The number of hydrogen-bond acceptors (Lipinski definition) is 1. The SMILES string of the molecule is O=Cc1cc(F)ccc1CCBr. The van der Waals surface area contributed by atoms with E-state index in [4.69, 9.17) is 0 Å². The van der Waals surface area contributed by atoms with Crippen molar-refractivity contribution < 1.29 is 9.18 Å². The van der Waals surface area contributed by atoms with Crippen LogP contribution in [-0.4, -0.2) is 11.6 Å². The smallest absolute Gasteiger partial charge is 0.150 e. The average Bonchev–Trinajstić information content (AvgIpc) is 2.08. The van der Waals surface area contributed by atoms with Gasteiger partial charge < -0.3 is 0 Å². The number of alkyl halides is 1. The number of rotatable bonds is 3. The highest BCUT2D eigenvalue weighted by atomic mass is 79.9. The fourth-order valence-corrected chi connectivity index (χ4v) is 1.43. The summed E-state index contributed by atoms with van der Waals surface area (Å²) in [5.74, 6) is -0.365. The van der Waals surface area contributed by atoms with Gasteiger partial charge in [0.2, 0.25) is 0 Å². The quantitative estimate of drug-likeness (QED) is 0.577. The zero-order chi connectivity index (χ0) is 8.97. The van der Waals surface area contributed by atoms with Crippen LogP contribution in [0.15, 0.2) is 18.2 Å². The number of carbonyl (C=O) groups excluding carboxylic acids is 1. The van der Waals surface area contributed by atoms with Crippen LogP contribution in [0.1, 0.15) is 15.9 Å². The molecule has 0 bridgehead atoms. The highest BCUT2D eigenvalue weighted by Crippen LogP contribution is 2.10. The Morgan fingerprint density at radius 1 is 1.50 bits per heavy atom. The first-order valence-corrected chi connectivity index (χ1v) is 4.69. The van der Waals surface area contributed by atoms with Gasteiger partial charge in [-0.1, -0.05) is 22.0 Å². The fourth-order valence-electron chi connectivity index (χ4n) is 1.00. The summed E-state index contributed by atoms with van der Waals surface area (Å²) in [5.41, 5.74) is 1.32. The summed E-state index contributed by atoms with van der Waals surface area (Å²) in [7, 11) is 0. The number of carbonyl (C=O) groups is 1. The third kappa shape index (κ3) is 2.14. The predicted molar refractivity (Wildman–Crippen MR) is 49.3 cm³/mol. The van der Waals surface area contributed by atoms with Gasteiger partial charge in [-0.25, -0.2) is 4.39 Å². The normalized spacial score (nSPS) is 9.83. The molecule has 3 heteroatoms. The van der Waals surface area contributed by atoms with Gasteiger partial charge in [-0.15, -0.1) is 0 Å². The lowest BCUT2D eigenvalue weighted by Gasteiger charge is -2.01. The second-order valence-electron chi connectivity index (χ2n) is 2.40. The van der Waals surface area contributed by atoms with Gasteiger partial charge in [0.15, 0.2) is 0 Å². The molecule has 0 aliphatic heterocycles. The van der Waals surface area contributed by atoms with Crippen LogP contribution < -0.4 is 0 Å². The molecular weight excluding hydrogens is 223 g/mol. The highest BCUT2D eigenvalue weighted by molar-refractivity contribution is 9.09. The van der Waals surface area contributed by atoms with Gasteiger partial charge in [0.25, 0.3) is 0 Å². The molecule has 1 aromatic carbocycles. The zero-order valence-corrected chi connectivity index (χ0v) is 7.97. The monoisotopic (exact) mass is 230 g/mol. The van der Waals surface area contributed by atoms with E-state index in [1.807, 2.05) is 0 Å². The molecule has 1 aromatic rings. The van der Waals surface area contributed by atoms with Crippen molar-refractivity contribution in [3.63, 3.8) is 0 Å². The molecule has 0 radical (unpaired) electrons. The number of benzene rings is 1. The molecule has 0 fully saturated rings. The van der Waals surface area contributed by atoms with Gasteiger partial charge in [0.05, 0.1) is 0 Å². The second-order valence-corrected chi connectivity index (χ2v) is 3.19. The molecule has 0 aromatic heterocycles. The van der Waals surface area contributed by atoms with E-state index < -0.39 is 0 Å². The summed E-state index contributed by atoms with van der Waals surface area (Å²) in [4.78, 5) is 10.5. The molecule has 0 unspecified atom stereocenters. The van der Waals surface area contributed by atoms with E-state index in [9.17, 15) is 9.18 Å². The summed E-state index contributed by atoms with van der Waals surface area (Å²) in [5, 5.41) is 0.777. The third-order valence-electron chi connectivity index (χ3n) is 1.60. The van der Waals surface area contributed by atoms with Crippen LogP contribution >= 0.6 is 15.9 Å². The molecule has 0 N–H and O–H groups in total. The number of aldehydes is 1. The minimum Gasteiger partial charge on any atom is -0.298 e. The van der Waals surface area contributed by atoms with Crippen molar-refractivity contribution in [2.45, 2.75) is 6.42 Å². The molecule has 1 rings (SSSR count). The molecule has 0 aliphatic carbocycles. The van der Waals surface area contributed by atoms with Crippen molar-refractivity contribution in [2.24, 2.45) is 0 Å². The van der Waals surface area contributed by atoms with Crippen molar-refractivity contribution in [1.82, 2.24) is 0 Å². The third-order valence-corrected chi connectivity index (χ3v) is 2.00. The Labute approximate surface area is 78.7 Å². The largest absolute Gasteiger partial charge is 0.298 e. The van der Waals surface area contributed by atoms with Gasteiger partial charge in [-0.3, -0.25) is 4.79 Å². The molecule has 0 amide bonds. The zero-order valence-electron chi connectivity index (χ0n) is 6.39. The molecule has 0 aliphatic rings. The van der Waals surface area contributed by atoms with Crippen LogP contribution in [0, 0.1) is 5.82 Å². The Kier molecular flexibility index (Phi) is 3.41. The van der Waals surface area contributed by atoms with Crippen molar-refractivity contribution in [3.8, 4) is 0 Å². The minimum absolute atomic E-state index is 0.365. The molecule has 64 valence electrons. The lowest BCUT2D eigenvalue weighted by molar-refractivity contribution is 0.112. The van der Waals surface area contributed by atoms with Gasteiger partial charge in [-0.2, -0.15) is 0 Å². The molecule has 0 atom stereocenters. The maximum absolute atomic E-state index is 12.6. The van der Waals surface area contributed by atoms with E-state index in [0.717, 1.165) is 17.3 Å². The van der Waals surface area contributed by atoms with Crippen LogP contribution in [-0.2, 0) is 6.42 Å². The van der Waals surface area contributed by atoms with E-state index in [1.165, 1.54) is 12.1 Å². The number of hydrogen-bond donors (Lipinski definition) is 0. The summed E-state index contributed by atoms with van der Waals surface area (Å²) < 4.78 is 12.6. The lowest BCUT2D eigenvalue weighted by Crippen LogP contribution is -1.94. The number of aryl methyl sites for hydroxylation is 1. The summed E-state index contributed by atoms with van der Waals surface area (Å²) >= 11 is 3.26. The van der Waals surface area contributed by atoms with Crippen LogP contribution in [0.5, 0.6) is 0 Å². The average molecular weight is 231 g/mol. The van der Waals surface area contributed by atoms with Crippen molar-refractivity contribution in [3.05, 3.63) is 35.1 Å². The van der Waals surface area contributed by atoms with E-state index in [1.54, 1.807) is 6.07 Å². The predicted octanol–water partition coefficient (Wildman–Crippen LogP) is 2.58. The summed E-state index contributed by atoms with van der Waals surface area (Å²) in [6.07, 6.45) is 1.43. The van der Waals surface area contributed by atoms with Crippen LogP contribution in [0.3, 0.4) is 0 Å². The van der Waals surface area contributed by atoms with E-state index >= 15 is 0 Å². The first-order valence-electron chi connectivity index (χ1n) is 3.57. The molecule has 12 heavy (non-hydrogen) atoms. The summed E-state index contributed by atoms with van der Waals surface area (Å²) in [6.45, 7) is 0. The van der Waals surface area contributed by atoms with Gasteiger partial charge in [0.1, 0.15) is 12.1 Å². The maximum Gasteiger partial charge on any atom is 0.150 e. The molecule has 0 heterocycles. The van der Waals surface area contributed by atoms with Gasteiger partial charge in [-0.05, 0) is 24.1 Å². The lowest BCUT2D eigenvalue weighted by atomic mass is 10.1. The first-order chi connectivity index (χ1) is 5.77. The number of halogens is 2. The van der Waals surface area contributed by atoms with Crippen LogP contribution in [0.25, 0.3) is 0 Å². The Morgan fingerprint density at radius 2 is 2.25 bits per heavy atom. The molecule has 0 spiro atoms. The molecule has 0 saturated heterocycles.